The second-order valence-corrected chi connectivity index (χ2v) is 5.27. The molecule has 0 saturated heterocycles. The van der Waals surface area contributed by atoms with Crippen molar-refractivity contribution in [2.75, 3.05) is 45.5 Å². The maximum absolute atomic E-state index is 11.4. The van der Waals surface area contributed by atoms with E-state index in [0.29, 0.717) is 13.1 Å². The summed E-state index contributed by atoms with van der Waals surface area (Å²) in [6.45, 7) is 7.79. The van der Waals surface area contributed by atoms with Crippen molar-refractivity contribution in [2.24, 2.45) is 0 Å². The van der Waals surface area contributed by atoms with Crippen LogP contribution in [0, 0.1) is 0 Å². The van der Waals surface area contributed by atoms with Crippen LogP contribution in [0.3, 0.4) is 0 Å². The van der Waals surface area contributed by atoms with E-state index in [9.17, 15) is 8.42 Å². The molecule has 5 nitrogen and oxygen atoms in total. The molecule has 0 spiro atoms. The predicted molar refractivity (Wildman–Crippen MR) is 63.5 cm³/mol. The van der Waals surface area contributed by atoms with E-state index in [1.165, 1.54) is 0 Å². The van der Waals surface area contributed by atoms with Crippen LogP contribution in [-0.4, -0.2) is 58.8 Å². The van der Waals surface area contributed by atoms with E-state index in [4.69, 9.17) is 0 Å². The molecular weight excluding hydrogens is 214 g/mol. The summed E-state index contributed by atoms with van der Waals surface area (Å²) in [4.78, 5) is 2.18. The molecule has 0 unspecified atom stereocenters. The van der Waals surface area contributed by atoms with Gasteiger partial charge >= 0.3 is 0 Å². The Kier molecular flexibility index (Phi) is 7.95. The van der Waals surface area contributed by atoms with Gasteiger partial charge in [0, 0.05) is 19.6 Å². The fourth-order valence-corrected chi connectivity index (χ4v) is 2.23. The summed E-state index contributed by atoms with van der Waals surface area (Å²) in [5, 5.41) is 2.82. The van der Waals surface area contributed by atoms with Crippen LogP contribution >= 0.6 is 0 Å². The minimum atomic E-state index is -3.10. The molecule has 0 rings (SSSR count). The van der Waals surface area contributed by atoms with Crippen molar-refractivity contribution in [2.45, 2.75) is 13.8 Å². The molecule has 0 amide bonds. The molecule has 15 heavy (non-hydrogen) atoms. The monoisotopic (exact) mass is 237 g/mol. The number of likely N-dealkylation sites (N-methyl/N-ethyl adjacent to an activating group) is 1. The Morgan fingerprint density at radius 3 is 2.20 bits per heavy atom. The highest BCUT2D eigenvalue weighted by molar-refractivity contribution is 7.89. The van der Waals surface area contributed by atoms with Gasteiger partial charge in [0.05, 0.1) is 5.75 Å². The predicted octanol–water partition coefficient (Wildman–Crippen LogP) is -0.533. The van der Waals surface area contributed by atoms with E-state index in [0.717, 1.165) is 19.6 Å². The summed E-state index contributed by atoms with van der Waals surface area (Å²) in [6.07, 6.45) is 0. The number of sulfonamides is 1. The van der Waals surface area contributed by atoms with Crippen LogP contribution in [0.15, 0.2) is 0 Å². The lowest BCUT2D eigenvalue weighted by atomic mass is 10.5. The van der Waals surface area contributed by atoms with E-state index in [1.807, 2.05) is 0 Å². The molecule has 0 bridgehead atoms. The van der Waals surface area contributed by atoms with Gasteiger partial charge in [0.2, 0.25) is 10.0 Å². The van der Waals surface area contributed by atoms with Crippen LogP contribution in [0.2, 0.25) is 0 Å². The van der Waals surface area contributed by atoms with Crippen molar-refractivity contribution in [3.8, 4) is 0 Å². The molecule has 0 aromatic heterocycles. The Bertz CT molecular complexity index is 238. The summed E-state index contributed by atoms with van der Waals surface area (Å²) in [7, 11) is -1.35. The van der Waals surface area contributed by atoms with E-state index in [1.54, 1.807) is 7.05 Å². The summed E-state index contributed by atoms with van der Waals surface area (Å²) in [6, 6.07) is 0. The molecule has 0 radical (unpaired) electrons. The quantitative estimate of drug-likeness (QED) is 0.566. The summed E-state index contributed by atoms with van der Waals surface area (Å²) in [5.74, 6) is 0.141. The Morgan fingerprint density at radius 2 is 1.73 bits per heavy atom. The molecule has 0 saturated carbocycles. The third-order valence-electron chi connectivity index (χ3n) is 2.27. The SMILES string of the molecule is CCN(CC)CCNS(=O)(=O)CCNC. The van der Waals surface area contributed by atoms with Gasteiger partial charge in [0.15, 0.2) is 0 Å². The lowest BCUT2D eigenvalue weighted by Gasteiger charge is -2.17. The average Bonchev–Trinajstić information content (AvgIpc) is 2.22. The molecule has 0 aliphatic carbocycles. The Hall–Kier alpha value is -0.170. The van der Waals surface area contributed by atoms with Gasteiger partial charge in [-0.15, -0.1) is 0 Å². The Labute approximate surface area is 93.3 Å². The minimum Gasteiger partial charge on any atom is -0.319 e. The smallest absolute Gasteiger partial charge is 0.212 e. The van der Waals surface area contributed by atoms with Crippen LogP contribution < -0.4 is 10.0 Å². The van der Waals surface area contributed by atoms with Gasteiger partial charge < -0.3 is 10.2 Å². The van der Waals surface area contributed by atoms with Crippen molar-refractivity contribution >= 4 is 10.0 Å². The van der Waals surface area contributed by atoms with Crippen LogP contribution in [0.5, 0.6) is 0 Å². The first-order valence-electron chi connectivity index (χ1n) is 5.40. The molecule has 0 aromatic rings. The zero-order valence-corrected chi connectivity index (χ0v) is 10.7. The fourth-order valence-electron chi connectivity index (χ4n) is 1.21. The number of nitrogens with one attached hydrogen (secondary N) is 2. The molecule has 6 heteroatoms. The largest absolute Gasteiger partial charge is 0.319 e. The summed E-state index contributed by atoms with van der Waals surface area (Å²) in [5.41, 5.74) is 0. The highest BCUT2D eigenvalue weighted by Gasteiger charge is 2.08. The van der Waals surface area contributed by atoms with E-state index >= 15 is 0 Å². The van der Waals surface area contributed by atoms with E-state index in [-0.39, 0.29) is 5.75 Å². The van der Waals surface area contributed by atoms with Gasteiger partial charge in [-0.05, 0) is 20.1 Å². The molecule has 0 atom stereocenters. The lowest BCUT2D eigenvalue weighted by molar-refractivity contribution is 0.309. The van der Waals surface area contributed by atoms with Gasteiger partial charge in [0.25, 0.3) is 0 Å². The fraction of sp³-hybridized carbons (Fsp3) is 1.00. The highest BCUT2D eigenvalue weighted by atomic mass is 32.2. The van der Waals surface area contributed by atoms with Gasteiger partial charge in [-0.1, -0.05) is 13.8 Å². The third-order valence-corrected chi connectivity index (χ3v) is 3.65. The third kappa shape index (κ3) is 7.72. The zero-order valence-electron chi connectivity index (χ0n) is 9.91. The van der Waals surface area contributed by atoms with Crippen molar-refractivity contribution in [1.29, 1.82) is 0 Å². The zero-order chi connectivity index (χ0) is 11.7. The number of nitrogens with zero attached hydrogens (tertiary/aromatic N) is 1. The van der Waals surface area contributed by atoms with Crippen LogP contribution in [0.25, 0.3) is 0 Å². The Morgan fingerprint density at radius 1 is 1.13 bits per heavy atom. The van der Waals surface area contributed by atoms with E-state index < -0.39 is 10.0 Å². The molecule has 0 aliphatic rings. The number of rotatable bonds is 9. The van der Waals surface area contributed by atoms with Crippen molar-refractivity contribution < 1.29 is 8.42 Å². The van der Waals surface area contributed by atoms with Crippen LogP contribution in [0.1, 0.15) is 13.8 Å². The molecule has 92 valence electrons. The minimum absolute atomic E-state index is 0.141. The maximum Gasteiger partial charge on any atom is 0.212 e. The Balaban J connectivity index is 3.74. The topological polar surface area (TPSA) is 61.4 Å². The standard InChI is InChI=1S/C9H23N3O2S/c1-4-12(5-2)8-6-11-15(13,14)9-7-10-3/h10-11H,4-9H2,1-3H3. The first-order chi connectivity index (χ1) is 7.05. The molecule has 0 fully saturated rings. The molecular formula is C9H23N3O2S. The summed E-state index contributed by atoms with van der Waals surface area (Å²) < 4.78 is 25.3. The van der Waals surface area contributed by atoms with Gasteiger partial charge in [-0.2, -0.15) is 0 Å². The molecule has 0 aromatic carbocycles. The number of hydrogen-bond acceptors (Lipinski definition) is 4. The second kappa shape index (κ2) is 8.04. The highest BCUT2D eigenvalue weighted by Crippen LogP contribution is 1.87. The average molecular weight is 237 g/mol. The second-order valence-electron chi connectivity index (χ2n) is 3.34. The lowest BCUT2D eigenvalue weighted by Crippen LogP contribution is -2.37. The van der Waals surface area contributed by atoms with Crippen molar-refractivity contribution in [3.05, 3.63) is 0 Å². The molecule has 0 aliphatic heterocycles. The van der Waals surface area contributed by atoms with Gasteiger partial charge in [-0.25, -0.2) is 13.1 Å². The van der Waals surface area contributed by atoms with Crippen LogP contribution in [0.4, 0.5) is 0 Å². The van der Waals surface area contributed by atoms with Crippen LogP contribution in [-0.2, 0) is 10.0 Å². The van der Waals surface area contributed by atoms with Gasteiger partial charge in [-0.3, -0.25) is 0 Å². The number of hydrogen-bond donors (Lipinski definition) is 2. The van der Waals surface area contributed by atoms with E-state index in [2.05, 4.69) is 28.8 Å². The van der Waals surface area contributed by atoms with Crippen molar-refractivity contribution in [3.63, 3.8) is 0 Å². The molecule has 2 N–H and O–H groups in total. The normalized spacial score (nSPS) is 12.3. The maximum atomic E-state index is 11.4. The molecule has 0 heterocycles. The van der Waals surface area contributed by atoms with Crippen molar-refractivity contribution in [1.82, 2.24) is 14.9 Å². The first-order valence-corrected chi connectivity index (χ1v) is 7.05. The van der Waals surface area contributed by atoms with Gasteiger partial charge in [0.1, 0.15) is 0 Å². The first kappa shape index (κ1) is 14.8. The summed E-state index contributed by atoms with van der Waals surface area (Å²) >= 11 is 0.